The second kappa shape index (κ2) is 10.8. The van der Waals surface area contributed by atoms with Crippen molar-refractivity contribution in [3.8, 4) is 28.2 Å². The van der Waals surface area contributed by atoms with E-state index >= 15 is 0 Å². The molecule has 0 amide bonds. The van der Waals surface area contributed by atoms with Crippen LogP contribution in [0.5, 0.6) is 0 Å². The molecule has 11 rings (SSSR count). The Kier molecular flexibility index (Phi) is 5.92. The van der Waals surface area contributed by atoms with Crippen LogP contribution >= 0.6 is 0 Å². The minimum atomic E-state index is 1.12. The molecule has 0 N–H and O–H groups in total. The molecule has 4 heteroatoms. The smallest absolute Gasteiger partial charge is 0.0571 e. The zero-order valence-electron chi connectivity index (χ0n) is 27.6. The molecule has 4 nitrogen and oxygen atoms in total. The second-order valence-electron chi connectivity index (χ2n) is 13.3. The molecule has 0 aliphatic carbocycles. The van der Waals surface area contributed by atoms with Crippen molar-refractivity contribution in [2.75, 3.05) is 0 Å². The van der Waals surface area contributed by atoms with Crippen molar-refractivity contribution in [3.05, 3.63) is 182 Å². The fourth-order valence-corrected chi connectivity index (χ4v) is 8.27. The molecular weight excluding hydrogens is 621 g/mol. The average Bonchev–Trinajstić information content (AvgIpc) is 3.83. The first kappa shape index (κ1) is 28.0. The van der Waals surface area contributed by atoms with E-state index in [1.165, 1.54) is 60.1 Å². The molecule has 4 aromatic heterocycles. The maximum atomic E-state index is 4.56. The van der Waals surface area contributed by atoms with Crippen LogP contribution in [0.3, 0.4) is 0 Å². The molecule has 238 valence electrons. The SMILES string of the molecule is c1ccc(-c2ccc(-n3c4ccccc4c4cc5c6ccccc6n(-c6ccc7c(c6)c6cnccc6n7-c6ccccc6)c5cc43)cc2)cc1. The number of hydrogen-bond donors (Lipinski definition) is 0. The number of nitrogens with zero attached hydrogens (tertiary/aromatic N) is 4. The molecular formula is C47H30N4. The summed E-state index contributed by atoms with van der Waals surface area (Å²) < 4.78 is 7.20. The third-order valence-corrected chi connectivity index (χ3v) is 10.5. The molecule has 51 heavy (non-hydrogen) atoms. The number of rotatable bonds is 4. The van der Waals surface area contributed by atoms with Crippen molar-refractivity contribution >= 4 is 65.4 Å². The van der Waals surface area contributed by atoms with Gasteiger partial charge in [0.25, 0.3) is 0 Å². The zero-order chi connectivity index (χ0) is 33.5. The van der Waals surface area contributed by atoms with Crippen LogP contribution in [0.1, 0.15) is 0 Å². The van der Waals surface area contributed by atoms with Crippen LogP contribution in [0.25, 0.3) is 93.6 Å². The van der Waals surface area contributed by atoms with E-state index in [1.54, 1.807) is 0 Å². The Morgan fingerprint density at radius 2 is 0.784 bits per heavy atom. The molecule has 0 saturated heterocycles. The predicted molar refractivity (Wildman–Crippen MR) is 213 cm³/mol. The summed E-state index contributed by atoms with van der Waals surface area (Å²) in [7, 11) is 0. The van der Waals surface area contributed by atoms with Gasteiger partial charge in [-0.15, -0.1) is 0 Å². The normalized spacial score (nSPS) is 11.9. The van der Waals surface area contributed by atoms with E-state index in [2.05, 4.69) is 189 Å². The van der Waals surface area contributed by atoms with Gasteiger partial charge in [0.05, 0.1) is 33.1 Å². The van der Waals surface area contributed by atoms with Crippen LogP contribution < -0.4 is 0 Å². The van der Waals surface area contributed by atoms with Crippen molar-refractivity contribution < 1.29 is 0 Å². The molecule has 0 fully saturated rings. The van der Waals surface area contributed by atoms with Crippen molar-refractivity contribution in [2.45, 2.75) is 0 Å². The Morgan fingerprint density at radius 3 is 1.49 bits per heavy atom. The summed E-state index contributed by atoms with van der Waals surface area (Å²) in [6, 6.07) is 61.5. The van der Waals surface area contributed by atoms with Gasteiger partial charge in [-0.25, -0.2) is 0 Å². The number of pyridine rings is 1. The summed E-state index contributed by atoms with van der Waals surface area (Å²) >= 11 is 0. The minimum Gasteiger partial charge on any atom is -0.309 e. The lowest BCUT2D eigenvalue weighted by Crippen LogP contribution is -1.97. The van der Waals surface area contributed by atoms with Gasteiger partial charge in [-0.2, -0.15) is 0 Å². The van der Waals surface area contributed by atoms with E-state index in [-0.39, 0.29) is 0 Å². The van der Waals surface area contributed by atoms with Crippen molar-refractivity contribution in [3.63, 3.8) is 0 Å². The fourth-order valence-electron chi connectivity index (χ4n) is 8.27. The van der Waals surface area contributed by atoms with E-state index in [0.717, 1.165) is 33.5 Å². The van der Waals surface area contributed by atoms with Gasteiger partial charge in [0, 0.05) is 61.8 Å². The van der Waals surface area contributed by atoms with Crippen LogP contribution in [-0.4, -0.2) is 18.7 Å². The highest BCUT2D eigenvalue weighted by Crippen LogP contribution is 2.41. The molecule has 0 unspecified atom stereocenters. The lowest BCUT2D eigenvalue weighted by Gasteiger charge is -2.12. The number of fused-ring (bicyclic) bond motifs is 9. The van der Waals surface area contributed by atoms with E-state index in [0.29, 0.717) is 0 Å². The van der Waals surface area contributed by atoms with Crippen LogP contribution in [-0.2, 0) is 0 Å². The van der Waals surface area contributed by atoms with Gasteiger partial charge in [-0.05, 0) is 83.9 Å². The zero-order valence-corrected chi connectivity index (χ0v) is 27.6. The number of benzene rings is 7. The highest BCUT2D eigenvalue weighted by atomic mass is 15.0. The van der Waals surface area contributed by atoms with Gasteiger partial charge < -0.3 is 13.7 Å². The van der Waals surface area contributed by atoms with Crippen molar-refractivity contribution in [1.82, 2.24) is 18.7 Å². The van der Waals surface area contributed by atoms with E-state index in [1.807, 2.05) is 12.4 Å². The third kappa shape index (κ3) is 4.11. The van der Waals surface area contributed by atoms with Gasteiger partial charge in [-0.1, -0.05) is 97.1 Å². The summed E-state index contributed by atoms with van der Waals surface area (Å²) in [5.41, 5.74) is 12.9. The molecule has 0 bridgehead atoms. The average molecular weight is 651 g/mol. The van der Waals surface area contributed by atoms with Crippen molar-refractivity contribution in [2.24, 2.45) is 0 Å². The molecule has 0 aliphatic heterocycles. The number of aromatic nitrogens is 4. The Balaban J connectivity index is 1.19. The topological polar surface area (TPSA) is 27.7 Å². The van der Waals surface area contributed by atoms with Gasteiger partial charge in [-0.3, -0.25) is 4.98 Å². The first-order valence-electron chi connectivity index (χ1n) is 17.4. The van der Waals surface area contributed by atoms with Gasteiger partial charge in [0.1, 0.15) is 0 Å². The predicted octanol–water partition coefficient (Wildman–Crippen LogP) is 12.0. The molecule has 0 radical (unpaired) electrons. The van der Waals surface area contributed by atoms with Gasteiger partial charge in [0.15, 0.2) is 0 Å². The van der Waals surface area contributed by atoms with Crippen LogP contribution in [0.4, 0.5) is 0 Å². The molecule has 7 aromatic carbocycles. The summed E-state index contributed by atoms with van der Waals surface area (Å²) in [6.07, 6.45) is 3.88. The number of hydrogen-bond acceptors (Lipinski definition) is 1. The lowest BCUT2D eigenvalue weighted by molar-refractivity contribution is 1.16. The summed E-state index contributed by atoms with van der Waals surface area (Å²) in [6.45, 7) is 0. The highest BCUT2D eigenvalue weighted by molar-refractivity contribution is 6.19. The summed E-state index contributed by atoms with van der Waals surface area (Å²) in [4.78, 5) is 4.56. The molecule has 11 aromatic rings. The Bertz CT molecular complexity index is 3110. The van der Waals surface area contributed by atoms with Crippen molar-refractivity contribution in [1.29, 1.82) is 0 Å². The van der Waals surface area contributed by atoms with Crippen LogP contribution in [0.2, 0.25) is 0 Å². The summed E-state index contributed by atoms with van der Waals surface area (Å²) in [5.74, 6) is 0. The largest absolute Gasteiger partial charge is 0.309 e. The highest BCUT2D eigenvalue weighted by Gasteiger charge is 2.20. The maximum Gasteiger partial charge on any atom is 0.0571 e. The molecule has 4 heterocycles. The van der Waals surface area contributed by atoms with E-state index in [9.17, 15) is 0 Å². The first-order valence-corrected chi connectivity index (χ1v) is 17.4. The molecule has 0 atom stereocenters. The first-order chi connectivity index (χ1) is 25.3. The minimum absolute atomic E-state index is 1.12. The van der Waals surface area contributed by atoms with Crippen LogP contribution in [0, 0.1) is 0 Å². The Labute approximate surface area is 293 Å². The standard InChI is InChI=1S/C47H30N4/c1-3-11-31(12-4-1)32-19-21-34(22-20-32)50-42-17-9-7-15-36(42)39-28-40-37-16-8-10-18-43(37)51(47(40)29-46(39)50)35-23-24-44-38(27-35)41-30-48-26-25-45(41)49(44)33-13-5-2-6-14-33/h1-30H. The van der Waals surface area contributed by atoms with E-state index in [4.69, 9.17) is 0 Å². The second-order valence-corrected chi connectivity index (χ2v) is 13.3. The lowest BCUT2D eigenvalue weighted by atomic mass is 10.1. The Hall–Kier alpha value is -6.91. The van der Waals surface area contributed by atoms with E-state index < -0.39 is 0 Å². The Morgan fingerprint density at radius 1 is 0.294 bits per heavy atom. The summed E-state index contributed by atoms with van der Waals surface area (Å²) in [5, 5.41) is 7.31. The fraction of sp³-hybridized carbons (Fsp3) is 0. The third-order valence-electron chi connectivity index (χ3n) is 10.5. The van der Waals surface area contributed by atoms with Gasteiger partial charge in [0.2, 0.25) is 0 Å². The maximum absolute atomic E-state index is 4.56. The molecule has 0 aliphatic rings. The van der Waals surface area contributed by atoms with Gasteiger partial charge >= 0.3 is 0 Å². The monoisotopic (exact) mass is 650 g/mol. The number of para-hydroxylation sites is 3. The molecule has 0 saturated carbocycles. The van der Waals surface area contributed by atoms with Crippen LogP contribution in [0.15, 0.2) is 182 Å². The molecule has 0 spiro atoms. The quantitative estimate of drug-likeness (QED) is 0.186.